The van der Waals surface area contributed by atoms with Crippen LogP contribution in [0.5, 0.6) is 5.75 Å². The van der Waals surface area contributed by atoms with E-state index in [-0.39, 0.29) is 23.5 Å². The molecular weight excluding hydrogens is 538 g/mol. The van der Waals surface area contributed by atoms with E-state index in [2.05, 4.69) is 54.5 Å². The number of oxime groups is 1. The smallest absolute Gasteiger partial charge is 0.354 e. The molecule has 8 rings (SSSR count). The minimum atomic E-state index is -1.23. The molecule has 6 heteroatoms. The first-order valence-corrected chi connectivity index (χ1v) is 14.8. The van der Waals surface area contributed by atoms with Crippen LogP contribution in [-0.4, -0.2) is 36.3 Å². The van der Waals surface area contributed by atoms with Crippen LogP contribution in [-0.2, 0) is 19.2 Å². The Morgan fingerprint density at radius 2 is 1.60 bits per heavy atom. The molecule has 2 aliphatic heterocycles. The van der Waals surface area contributed by atoms with E-state index in [0.29, 0.717) is 11.3 Å². The lowest BCUT2D eigenvalue weighted by molar-refractivity contribution is -0.158. The quantitative estimate of drug-likeness (QED) is 0.242. The summed E-state index contributed by atoms with van der Waals surface area (Å²) in [5.41, 5.74) is 3.60. The number of rotatable bonds is 3. The summed E-state index contributed by atoms with van der Waals surface area (Å²) in [7, 11) is 1.69. The Labute approximate surface area is 249 Å². The molecule has 1 saturated carbocycles. The molecular formula is C37H31NO5. The van der Waals surface area contributed by atoms with E-state index in [1.807, 2.05) is 43.3 Å². The molecule has 0 N–H and O–H groups in total. The second-order valence-electron chi connectivity index (χ2n) is 12.4. The number of hydrogen-bond acceptors (Lipinski definition) is 6. The number of carbonyl (C=O) groups is 2. The molecule has 0 amide bonds. The molecule has 214 valence electrons. The van der Waals surface area contributed by atoms with Crippen molar-refractivity contribution in [2.24, 2.45) is 16.5 Å². The fourth-order valence-electron chi connectivity index (χ4n) is 7.95. The van der Waals surface area contributed by atoms with E-state index in [4.69, 9.17) is 14.3 Å². The lowest BCUT2D eigenvalue weighted by Crippen LogP contribution is -2.47. The maximum absolute atomic E-state index is 13.8. The number of esters is 1. The third-order valence-electron chi connectivity index (χ3n) is 10.1. The number of methoxy groups -OCH3 is 1. The average Bonchev–Trinajstić information content (AvgIpc) is 3.59. The molecule has 1 spiro atoms. The monoisotopic (exact) mass is 569 g/mol. The highest BCUT2D eigenvalue weighted by Crippen LogP contribution is 2.57. The van der Waals surface area contributed by atoms with Gasteiger partial charge in [-0.2, -0.15) is 0 Å². The van der Waals surface area contributed by atoms with Gasteiger partial charge in [0.05, 0.1) is 18.7 Å². The topological polar surface area (TPSA) is 74.2 Å². The Balaban J connectivity index is 1.27. The summed E-state index contributed by atoms with van der Waals surface area (Å²) < 4.78 is 12.1. The van der Waals surface area contributed by atoms with Gasteiger partial charge in [-0.05, 0) is 59.0 Å². The summed E-state index contributed by atoms with van der Waals surface area (Å²) in [6, 6.07) is 24.8. The van der Waals surface area contributed by atoms with Crippen LogP contribution in [0.3, 0.4) is 0 Å². The van der Waals surface area contributed by atoms with Gasteiger partial charge in [0.25, 0.3) is 0 Å². The second-order valence-corrected chi connectivity index (χ2v) is 12.4. The lowest BCUT2D eigenvalue weighted by Gasteiger charge is -2.43. The molecule has 4 aromatic carbocycles. The third kappa shape index (κ3) is 3.56. The number of nitrogens with zero attached hydrogens (tertiary/aromatic N) is 1. The minimum absolute atomic E-state index is 0.0285. The molecule has 43 heavy (non-hydrogen) atoms. The Bertz CT molecular complexity index is 1990. The van der Waals surface area contributed by atoms with Gasteiger partial charge in [0.1, 0.15) is 11.9 Å². The van der Waals surface area contributed by atoms with E-state index in [0.717, 1.165) is 62.4 Å². The molecule has 4 atom stereocenters. The largest absolute Gasteiger partial charge is 0.496 e. The number of fused-ring (bicyclic) bond motifs is 6. The maximum Gasteiger partial charge on any atom is 0.354 e. The van der Waals surface area contributed by atoms with Crippen molar-refractivity contribution in [2.75, 3.05) is 7.11 Å². The van der Waals surface area contributed by atoms with Crippen molar-refractivity contribution >= 4 is 39.0 Å². The first-order valence-electron chi connectivity index (χ1n) is 14.8. The van der Waals surface area contributed by atoms with Gasteiger partial charge in [-0.15, -0.1) is 0 Å². The molecule has 0 aromatic heterocycles. The molecule has 0 radical (unpaired) electrons. The van der Waals surface area contributed by atoms with Gasteiger partial charge >= 0.3 is 5.97 Å². The van der Waals surface area contributed by atoms with Crippen molar-refractivity contribution in [3.8, 4) is 16.9 Å². The van der Waals surface area contributed by atoms with Crippen LogP contribution < -0.4 is 4.74 Å². The number of ketones is 1. The number of hydrogen-bond donors (Lipinski definition) is 0. The van der Waals surface area contributed by atoms with Crippen molar-refractivity contribution in [3.63, 3.8) is 0 Å². The van der Waals surface area contributed by atoms with Gasteiger partial charge < -0.3 is 14.3 Å². The van der Waals surface area contributed by atoms with Gasteiger partial charge in [-0.1, -0.05) is 84.9 Å². The van der Waals surface area contributed by atoms with Gasteiger partial charge in [0.2, 0.25) is 5.60 Å². The Morgan fingerprint density at radius 1 is 0.907 bits per heavy atom. The van der Waals surface area contributed by atoms with E-state index in [1.165, 1.54) is 0 Å². The van der Waals surface area contributed by atoms with E-state index in [1.54, 1.807) is 13.2 Å². The first-order chi connectivity index (χ1) is 20.8. The molecule has 4 aromatic rings. The minimum Gasteiger partial charge on any atom is -0.496 e. The molecule has 2 fully saturated rings. The van der Waals surface area contributed by atoms with Crippen LogP contribution in [0.1, 0.15) is 38.7 Å². The summed E-state index contributed by atoms with van der Waals surface area (Å²) in [5, 5.41) is 8.97. The molecule has 0 unspecified atom stereocenters. The number of allylic oxidation sites excluding steroid dienone is 3. The zero-order chi connectivity index (χ0) is 29.5. The normalized spacial score (nSPS) is 27.7. The zero-order valence-electron chi connectivity index (χ0n) is 24.3. The first kappa shape index (κ1) is 26.0. The fraction of sp³-hybridized carbons (Fsp3) is 0.270. The van der Waals surface area contributed by atoms with E-state index < -0.39 is 17.7 Å². The number of ether oxygens (including phenoxy) is 2. The van der Waals surface area contributed by atoms with Crippen LogP contribution in [0.15, 0.2) is 101 Å². The highest BCUT2D eigenvalue weighted by Gasteiger charge is 2.66. The van der Waals surface area contributed by atoms with Crippen LogP contribution in [0.4, 0.5) is 0 Å². The summed E-state index contributed by atoms with van der Waals surface area (Å²) in [5.74, 6) is 0.0848. The fourth-order valence-corrected chi connectivity index (χ4v) is 7.95. The van der Waals surface area contributed by atoms with Gasteiger partial charge in [-0.25, -0.2) is 4.79 Å². The molecule has 0 bridgehead atoms. The average molecular weight is 570 g/mol. The van der Waals surface area contributed by atoms with Crippen LogP contribution in [0, 0.1) is 11.3 Å². The SMILES string of the molecule is COc1ccc2ccccc2c1-c1c(C2=NO[C@@]3(C2)C(=O)O[C@@H]2C4=C(C)C(=O)C=C[C@]4(C)CC[C@H]23)ccc2ccccc12. The highest BCUT2D eigenvalue weighted by atomic mass is 16.7. The van der Waals surface area contributed by atoms with Crippen LogP contribution in [0.25, 0.3) is 32.7 Å². The number of carbonyl (C=O) groups excluding carboxylic acids is 2. The van der Waals surface area contributed by atoms with Crippen molar-refractivity contribution in [1.82, 2.24) is 0 Å². The summed E-state index contributed by atoms with van der Waals surface area (Å²) in [4.78, 5) is 32.7. The van der Waals surface area contributed by atoms with Crippen molar-refractivity contribution in [1.29, 1.82) is 0 Å². The maximum atomic E-state index is 13.8. The Kier molecular flexibility index (Phi) is 5.52. The van der Waals surface area contributed by atoms with Crippen molar-refractivity contribution in [2.45, 2.75) is 44.8 Å². The van der Waals surface area contributed by atoms with Gasteiger partial charge in [0.15, 0.2) is 5.78 Å². The predicted octanol–water partition coefficient (Wildman–Crippen LogP) is 7.33. The third-order valence-corrected chi connectivity index (χ3v) is 10.1. The van der Waals surface area contributed by atoms with E-state index in [9.17, 15) is 9.59 Å². The molecule has 2 aliphatic carbocycles. The summed E-state index contributed by atoms with van der Waals surface area (Å²) in [6.45, 7) is 3.97. The summed E-state index contributed by atoms with van der Waals surface area (Å²) in [6.07, 6.45) is 4.94. The standard InChI is InChI=1S/C37H31NO5/c1-21-29(39)17-19-36(2)18-16-27-34(33(21)36)42-35(40)37(27)20-28(38-43-37)26-14-12-22-8-4-6-10-24(22)31(26)32-25-11-7-5-9-23(25)13-15-30(32)41-3/h4-15,17,19,27,34H,16,18,20H2,1-3H3/t27-,34+,36+,37-/m1/s1. The molecule has 2 heterocycles. The molecule has 1 saturated heterocycles. The zero-order valence-corrected chi connectivity index (χ0v) is 24.3. The van der Waals surface area contributed by atoms with Crippen LogP contribution in [0.2, 0.25) is 0 Å². The van der Waals surface area contributed by atoms with Gasteiger partial charge in [0, 0.05) is 34.1 Å². The Morgan fingerprint density at radius 3 is 2.35 bits per heavy atom. The molecule has 4 aliphatic rings. The van der Waals surface area contributed by atoms with E-state index >= 15 is 0 Å². The summed E-state index contributed by atoms with van der Waals surface area (Å²) >= 11 is 0. The van der Waals surface area contributed by atoms with Crippen molar-refractivity contribution in [3.05, 3.63) is 102 Å². The molecule has 6 nitrogen and oxygen atoms in total. The lowest BCUT2D eigenvalue weighted by atomic mass is 9.60. The second kappa shape index (κ2) is 9.14. The van der Waals surface area contributed by atoms with Gasteiger partial charge in [-0.3, -0.25) is 4.79 Å². The van der Waals surface area contributed by atoms with Crippen molar-refractivity contribution < 1.29 is 23.9 Å². The number of benzene rings is 4. The van der Waals surface area contributed by atoms with Crippen LogP contribution >= 0.6 is 0 Å². The Hall–Kier alpha value is -4.71. The predicted molar refractivity (Wildman–Crippen MR) is 166 cm³/mol. The highest BCUT2D eigenvalue weighted by molar-refractivity contribution is 6.18.